The molecule has 0 bridgehead atoms. The fraction of sp³-hybridized carbons (Fsp3) is 0.600. The first-order chi connectivity index (χ1) is 8.67. The van der Waals surface area contributed by atoms with Crippen LogP contribution in [0.15, 0.2) is 18.2 Å². The van der Waals surface area contributed by atoms with Crippen molar-refractivity contribution >= 4 is 0 Å². The molecule has 1 aromatic carbocycles. The predicted octanol–water partition coefficient (Wildman–Crippen LogP) is 3.23. The maximum atomic E-state index is 5.28. The molecule has 0 atom stereocenters. The summed E-state index contributed by atoms with van der Waals surface area (Å²) in [6.07, 6.45) is 2.50. The fourth-order valence-corrected chi connectivity index (χ4v) is 1.86. The molecule has 1 rings (SSSR count). The summed E-state index contributed by atoms with van der Waals surface area (Å²) in [5.74, 6) is 2.35. The molecule has 1 N–H and O–H groups in total. The molecular formula is C15H25NO2. The first-order valence-corrected chi connectivity index (χ1v) is 6.59. The van der Waals surface area contributed by atoms with Crippen molar-refractivity contribution in [2.24, 2.45) is 5.92 Å². The number of rotatable bonds is 8. The van der Waals surface area contributed by atoms with Crippen molar-refractivity contribution < 1.29 is 9.47 Å². The zero-order valence-electron chi connectivity index (χ0n) is 12.0. The van der Waals surface area contributed by atoms with Crippen LogP contribution in [0, 0.1) is 5.92 Å². The van der Waals surface area contributed by atoms with Crippen LogP contribution in [0.4, 0.5) is 0 Å². The molecule has 0 saturated heterocycles. The van der Waals surface area contributed by atoms with E-state index in [1.165, 1.54) is 18.4 Å². The van der Waals surface area contributed by atoms with Gasteiger partial charge in [-0.15, -0.1) is 0 Å². The first kappa shape index (κ1) is 14.8. The Morgan fingerprint density at radius 3 is 2.44 bits per heavy atom. The van der Waals surface area contributed by atoms with Crippen molar-refractivity contribution in [3.8, 4) is 11.5 Å². The Morgan fingerprint density at radius 2 is 1.83 bits per heavy atom. The van der Waals surface area contributed by atoms with Crippen LogP contribution in [-0.2, 0) is 6.54 Å². The molecular weight excluding hydrogens is 226 g/mol. The third kappa shape index (κ3) is 4.96. The number of methoxy groups -OCH3 is 2. The highest BCUT2D eigenvalue weighted by molar-refractivity contribution is 5.42. The summed E-state index contributed by atoms with van der Waals surface area (Å²) in [7, 11) is 3.32. The first-order valence-electron chi connectivity index (χ1n) is 6.59. The molecule has 0 aromatic heterocycles. The lowest BCUT2D eigenvalue weighted by Crippen LogP contribution is -2.15. The van der Waals surface area contributed by atoms with Gasteiger partial charge in [-0.2, -0.15) is 0 Å². The number of nitrogens with one attached hydrogen (secondary N) is 1. The van der Waals surface area contributed by atoms with Gasteiger partial charge in [0.25, 0.3) is 0 Å². The summed E-state index contributed by atoms with van der Waals surface area (Å²) in [4.78, 5) is 0. The van der Waals surface area contributed by atoms with Crippen LogP contribution < -0.4 is 14.8 Å². The average Bonchev–Trinajstić information content (AvgIpc) is 2.37. The van der Waals surface area contributed by atoms with E-state index in [0.29, 0.717) is 0 Å². The van der Waals surface area contributed by atoms with Gasteiger partial charge in [0, 0.05) is 6.54 Å². The third-order valence-electron chi connectivity index (χ3n) is 2.91. The summed E-state index contributed by atoms with van der Waals surface area (Å²) < 4.78 is 10.5. The number of hydrogen-bond donors (Lipinski definition) is 1. The Balaban J connectivity index is 2.38. The number of hydrogen-bond acceptors (Lipinski definition) is 3. The summed E-state index contributed by atoms with van der Waals surface area (Å²) in [5.41, 5.74) is 1.22. The van der Waals surface area contributed by atoms with E-state index in [4.69, 9.17) is 9.47 Å². The van der Waals surface area contributed by atoms with Gasteiger partial charge in [0.2, 0.25) is 0 Å². The van der Waals surface area contributed by atoms with Crippen molar-refractivity contribution in [1.82, 2.24) is 5.32 Å². The molecule has 0 fully saturated rings. The Bertz CT molecular complexity index is 350. The van der Waals surface area contributed by atoms with E-state index in [9.17, 15) is 0 Å². The van der Waals surface area contributed by atoms with Gasteiger partial charge >= 0.3 is 0 Å². The maximum Gasteiger partial charge on any atom is 0.161 e. The largest absolute Gasteiger partial charge is 0.493 e. The van der Waals surface area contributed by atoms with Gasteiger partial charge in [0.05, 0.1) is 14.2 Å². The van der Waals surface area contributed by atoms with Gasteiger partial charge in [0.15, 0.2) is 11.5 Å². The average molecular weight is 251 g/mol. The minimum absolute atomic E-state index is 0.779. The Labute approximate surface area is 110 Å². The summed E-state index contributed by atoms with van der Waals surface area (Å²) >= 11 is 0. The van der Waals surface area contributed by atoms with E-state index >= 15 is 0 Å². The minimum Gasteiger partial charge on any atom is -0.493 e. The fourth-order valence-electron chi connectivity index (χ4n) is 1.86. The monoisotopic (exact) mass is 251 g/mol. The Kier molecular flexibility index (Phi) is 6.58. The summed E-state index contributed by atoms with van der Waals surface area (Å²) in [5, 5.41) is 3.45. The molecule has 18 heavy (non-hydrogen) atoms. The normalized spacial score (nSPS) is 10.7. The topological polar surface area (TPSA) is 30.5 Å². The van der Waals surface area contributed by atoms with Crippen molar-refractivity contribution in [3.63, 3.8) is 0 Å². The minimum atomic E-state index is 0.779. The SMILES string of the molecule is COc1ccc(CNCCCC(C)C)cc1OC. The molecule has 0 saturated carbocycles. The predicted molar refractivity (Wildman–Crippen MR) is 75.3 cm³/mol. The van der Waals surface area contributed by atoms with E-state index in [1.54, 1.807) is 14.2 Å². The van der Waals surface area contributed by atoms with Crippen molar-refractivity contribution in [2.75, 3.05) is 20.8 Å². The molecule has 0 amide bonds. The second-order valence-corrected chi connectivity index (χ2v) is 4.90. The zero-order chi connectivity index (χ0) is 13.4. The van der Waals surface area contributed by atoms with Crippen molar-refractivity contribution in [2.45, 2.75) is 33.2 Å². The van der Waals surface area contributed by atoms with Gasteiger partial charge in [-0.25, -0.2) is 0 Å². The van der Waals surface area contributed by atoms with E-state index in [1.807, 2.05) is 12.1 Å². The van der Waals surface area contributed by atoms with Crippen LogP contribution in [0.2, 0.25) is 0 Å². The van der Waals surface area contributed by atoms with Crippen LogP contribution in [0.25, 0.3) is 0 Å². The molecule has 0 aliphatic carbocycles. The van der Waals surface area contributed by atoms with Crippen molar-refractivity contribution in [1.29, 1.82) is 0 Å². The molecule has 0 radical (unpaired) electrons. The maximum absolute atomic E-state index is 5.28. The van der Waals surface area contributed by atoms with E-state index < -0.39 is 0 Å². The summed E-state index contributed by atoms with van der Waals surface area (Å²) in [6.45, 7) is 6.45. The van der Waals surface area contributed by atoms with E-state index in [2.05, 4.69) is 25.2 Å². The molecule has 102 valence electrons. The lowest BCUT2D eigenvalue weighted by molar-refractivity contribution is 0.354. The standard InChI is InChI=1S/C15H25NO2/c1-12(2)6-5-9-16-11-13-7-8-14(17-3)15(10-13)18-4/h7-8,10,12,16H,5-6,9,11H2,1-4H3. The molecule has 0 spiro atoms. The summed E-state index contributed by atoms with van der Waals surface area (Å²) in [6, 6.07) is 6.04. The van der Waals surface area contributed by atoms with Crippen LogP contribution >= 0.6 is 0 Å². The number of benzene rings is 1. The second kappa shape index (κ2) is 7.98. The molecule has 1 aromatic rings. The third-order valence-corrected chi connectivity index (χ3v) is 2.91. The molecule has 3 heteroatoms. The second-order valence-electron chi connectivity index (χ2n) is 4.90. The smallest absolute Gasteiger partial charge is 0.161 e. The van der Waals surface area contributed by atoms with Crippen LogP contribution in [0.3, 0.4) is 0 Å². The van der Waals surface area contributed by atoms with Crippen LogP contribution in [0.1, 0.15) is 32.3 Å². The number of ether oxygens (including phenoxy) is 2. The lowest BCUT2D eigenvalue weighted by Gasteiger charge is -2.10. The highest BCUT2D eigenvalue weighted by Gasteiger charge is 2.04. The Hall–Kier alpha value is -1.22. The van der Waals surface area contributed by atoms with Crippen molar-refractivity contribution in [3.05, 3.63) is 23.8 Å². The molecule has 0 heterocycles. The zero-order valence-corrected chi connectivity index (χ0v) is 12.0. The van der Waals surface area contributed by atoms with Gasteiger partial charge in [-0.05, 0) is 43.0 Å². The molecule has 0 unspecified atom stereocenters. The van der Waals surface area contributed by atoms with Crippen LogP contribution in [0.5, 0.6) is 11.5 Å². The van der Waals surface area contributed by atoms with Crippen LogP contribution in [-0.4, -0.2) is 20.8 Å². The van der Waals surface area contributed by atoms with Gasteiger partial charge in [-0.1, -0.05) is 19.9 Å². The molecule has 0 aliphatic heterocycles. The highest BCUT2D eigenvalue weighted by Crippen LogP contribution is 2.27. The molecule has 3 nitrogen and oxygen atoms in total. The van der Waals surface area contributed by atoms with Gasteiger partial charge in [-0.3, -0.25) is 0 Å². The Morgan fingerprint density at radius 1 is 1.11 bits per heavy atom. The van der Waals surface area contributed by atoms with E-state index in [0.717, 1.165) is 30.5 Å². The lowest BCUT2D eigenvalue weighted by atomic mass is 10.1. The van der Waals surface area contributed by atoms with E-state index in [-0.39, 0.29) is 0 Å². The van der Waals surface area contributed by atoms with Gasteiger partial charge in [0.1, 0.15) is 0 Å². The molecule has 0 aliphatic rings. The van der Waals surface area contributed by atoms with Gasteiger partial charge < -0.3 is 14.8 Å². The highest BCUT2D eigenvalue weighted by atomic mass is 16.5. The quantitative estimate of drug-likeness (QED) is 0.720.